The van der Waals surface area contributed by atoms with Crippen LogP contribution in [0.5, 0.6) is 0 Å². The van der Waals surface area contributed by atoms with Crippen molar-refractivity contribution < 1.29 is 27.5 Å². The molecule has 3 aromatic rings. The number of ether oxygens (including phenoxy) is 1. The Morgan fingerprint density at radius 3 is 2.76 bits per heavy atom. The van der Waals surface area contributed by atoms with E-state index >= 15 is 0 Å². The molecule has 2 N–H and O–H groups in total. The molecule has 33 heavy (non-hydrogen) atoms. The van der Waals surface area contributed by atoms with Crippen LogP contribution in [0.3, 0.4) is 0 Å². The summed E-state index contributed by atoms with van der Waals surface area (Å²) >= 11 is 2.56. The Balaban J connectivity index is 1.64. The zero-order chi connectivity index (χ0) is 23.9. The monoisotopic (exact) mass is 498 g/mol. The second kappa shape index (κ2) is 8.82. The number of esters is 1. The van der Waals surface area contributed by atoms with Gasteiger partial charge in [0.15, 0.2) is 11.7 Å². The Morgan fingerprint density at radius 1 is 1.36 bits per heavy atom. The summed E-state index contributed by atoms with van der Waals surface area (Å²) in [6.07, 6.45) is -4.78. The molecule has 12 heteroatoms. The summed E-state index contributed by atoms with van der Waals surface area (Å²) in [6, 6.07) is 2.43. The summed E-state index contributed by atoms with van der Waals surface area (Å²) in [5.74, 6) is -1.17. The zero-order valence-corrected chi connectivity index (χ0v) is 19.6. The van der Waals surface area contributed by atoms with Crippen molar-refractivity contribution in [1.29, 1.82) is 0 Å². The molecule has 7 nitrogen and oxygen atoms in total. The first-order valence-electron chi connectivity index (χ1n) is 10.1. The number of alkyl halides is 3. The summed E-state index contributed by atoms with van der Waals surface area (Å²) in [5.41, 5.74) is 0.730. The summed E-state index contributed by atoms with van der Waals surface area (Å²) in [7, 11) is 0. The lowest BCUT2D eigenvalue weighted by Gasteiger charge is -2.32. The van der Waals surface area contributed by atoms with Crippen molar-refractivity contribution in [3.8, 4) is 0 Å². The van der Waals surface area contributed by atoms with E-state index in [1.807, 2.05) is 0 Å². The van der Waals surface area contributed by atoms with Crippen LogP contribution >= 0.6 is 22.7 Å². The number of nitrogens with one attached hydrogen (secondary N) is 2. The number of amides is 1. The van der Waals surface area contributed by atoms with Crippen LogP contribution in [-0.2, 0) is 4.74 Å². The van der Waals surface area contributed by atoms with Crippen molar-refractivity contribution in [2.75, 3.05) is 17.2 Å². The van der Waals surface area contributed by atoms with Crippen molar-refractivity contribution in [2.45, 2.75) is 45.5 Å². The van der Waals surface area contributed by atoms with E-state index in [2.05, 4.69) is 15.7 Å². The van der Waals surface area contributed by atoms with E-state index in [1.165, 1.54) is 28.7 Å². The average Bonchev–Trinajstić information content (AvgIpc) is 3.46. The Bertz CT molecular complexity index is 1180. The van der Waals surface area contributed by atoms with Crippen LogP contribution in [0.15, 0.2) is 23.6 Å². The summed E-state index contributed by atoms with van der Waals surface area (Å²) in [6.45, 7) is 5.39. The fourth-order valence-electron chi connectivity index (χ4n) is 3.69. The minimum Gasteiger partial charge on any atom is -0.462 e. The lowest BCUT2D eigenvalue weighted by molar-refractivity contribution is -0.173. The van der Waals surface area contributed by atoms with Crippen molar-refractivity contribution in [1.82, 2.24) is 9.78 Å². The van der Waals surface area contributed by atoms with Gasteiger partial charge in [0.2, 0.25) is 0 Å². The molecule has 3 aromatic heterocycles. The number of aromatic nitrogens is 2. The first-order valence-corrected chi connectivity index (χ1v) is 11.8. The van der Waals surface area contributed by atoms with E-state index in [4.69, 9.17) is 4.74 Å². The third kappa shape index (κ3) is 4.49. The van der Waals surface area contributed by atoms with E-state index in [1.54, 1.807) is 38.3 Å². The fourth-order valence-corrected chi connectivity index (χ4v) is 5.53. The maximum atomic E-state index is 13.8. The molecule has 0 aliphatic carbocycles. The van der Waals surface area contributed by atoms with E-state index in [-0.39, 0.29) is 35.1 Å². The lowest BCUT2D eigenvalue weighted by atomic mass is 10.0. The van der Waals surface area contributed by atoms with E-state index in [0.717, 1.165) is 14.4 Å². The summed E-state index contributed by atoms with van der Waals surface area (Å²) in [5, 5.41) is 11.7. The molecule has 2 atom stereocenters. The van der Waals surface area contributed by atoms with Crippen molar-refractivity contribution in [2.24, 2.45) is 0 Å². The Morgan fingerprint density at radius 2 is 2.12 bits per heavy atom. The molecule has 0 spiro atoms. The van der Waals surface area contributed by atoms with Crippen molar-refractivity contribution in [3.05, 3.63) is 50.2 Å². The second-order valence-electron chi connectivity index (χ2n) is 7.53. The van der Waals surface area contributed by atoms with Crippen LogP contribution < -0.4 is 10.6 Å². The van der Waals surface area contributed by atoms with Crippen molar-refractivity contribution >= 4 is 45.4 Å². The second-order valence-corrected chi connectivity index (χ2v) is 9.73. The van der Waals surface area contributed by atoms with E-state index in [0.29, 0.717) is 5.56 Å². The Kier molecular flexibility index (Phi) is 6.23. The van der Waals surface area contributed by atoms with Gasteiger partial charge in [0.25, 0.3) is 5.91 Å². The number of halogens is 3. The molecular weight excluding hydrogens is 477 g/mol. The van der Waals surface area contributed by atoms with E-state index < -0.39 is 30.1 Å². The molecule has 4 heterocycles. The third-order valence-corrected chi connectivity index (χ3v) is 7.51. The van der Waals surface area contributed by atoms with Gasteiger partial charge in [-0.25, -0.2) is 9.48 Å². The van der Waals surface area contributed by atoms with Gasteiger partial charge in [-0.3, -0.25) is 4.79 Å². The predicted molar refractivity (Wildman–Crippen MR) is 120 cm³/mol. The van der Waals surface area contributed by atoms with Crippen LogP contribution in [0.25, 0.3) is 0 Å². The molecule has 0 aromatic carbocycles. The van der Waals surface area contributed by atoms with Crippen LogP contribution in [0, 0.1) is 13.8 Å². The number of nitrogens with zero attached hydrogens (tertiary/aromatic N) is 2. The smallest absolute Gasteiger partial charge is 0.410 e. The highest BCUT2D eigenvalue weighted by molar-refractivity contribution is 7.16. The van der Waals surface area contributed by atoms with E-state index in [9.17, 15) is 22.8 Å². The maximum absolute atomic E-state index is 13.8. The number of fused-ring (bicyclic) bond motifs is 1. The van der Waals surface area contributed by atoms with Gasteiger partial charge in [-0.05, 0) is 37.8 Å². The number of anilines is 2. The molecule has 4 rings (SSSR count). The van der Waals surface area contributed by atoms with Gasteiger partial charge < -0.3 is 15.4 Å². The quantitative estimate of drug-likeness (QED) is 0.440. The largest absolute Gasteiger partial charge is 0.462 e. The standard InChI is InChI=1S/C21H21F3N4O3S2/c1-4-31-20(30)17-10(2)11(3)33-19(17)26-18(29)13-9-16-25-12(14-6-5-7-32-14)8-15(21(22,23)24)28(16)27-13/h5-7,9,12,15,25H,4,8H2,1-3H3,(H,26,29)/t12-,15+/m1/s1. The zero-order valence-electron chi connectivity index (χ0n) is 17.9. The van der Waals surface area contributed by atoms with Gasteiger partial charge in [-0.15, -0.1) is 22.7 Å². The number of aryl methyl sites for hydroxylation is 1. The average molecular weight is 499 g/mol. The molecular formula is C21H21F3N4O3S2. The van der Waals surface area contributed by atoms with Crippen molar-refractivity contribution in [3.63, 3.8) is 0 Å². The SMILES string of the molecule is CCOC(=O)c1c(NC(=O)c2cc3n(n2)[C@H](C(F)(F)F)C[C@H](c2cccs2)N3)sc(C)c1C. The molecule has 1 amide bonds. The molecule has 0 saturated carbocycles. The Labute approximate surface area is 195 Å². The van der Waals surface area contributed by atoms with Crippen LogP contribution in [0.1, 0.15) is 61.6 Å². The number of rotatable bonds is 5. The van der Waals surface area contributed by atoms with Crippen LogP contribution in [0.2, 0.25) is 0 Å². The number of hydrogen-bond donors (Lipinski definition) is 2. The summed E-state index contributed by atoms with van der Waals surface area (Å²) in [4.78, 5) is 26.9. The molecule has 176 valence electrons. The minimum absolute atomic E-state index is 0.108. The number of hydrogen-bond acceptors (Lipinski definition) is 7. The number of carbonyl (C=O) groups excluding carboxylic acids is 2. The minimum atomic E-state index is -4.54. The van der Waals surface area contributed by atoms with Gasteiger partial charge >= 0.3 is 12.1 Å². The van der Waals surface area contributed by atoms with Gasteiger partial charge in [-0.1, -0.05) is 6.07 Å². The molecule has 0 bridgehead atoms. The lowest BCUT2D eigenvalue weighted by Crippen LogP contribution is -2.35. The highest BCUT2D eigenvalue weighted by Gasteiger charge is 2.47. The molecule has 1 aliphatic heterocycles. The summed E-state index contributed by atoms with van der Waals surface area (Å²) < 4.78 is 47.3. The van der Waals surface area contributed by atoms with Crippen LogP contribution in [0.4, 0.5) is 24.0 Å². The first kappa shape index (κ1) is 23.3. The molecule has 1 aliphatic rings. The van der Waals surface area contributed by atoms with Gasteiger partial charge in [0.05, 0.1) is 18.2 Å². The number of carbonyl (C=O) groups is 2. The highest BCUT2D eigenvalue weighted by atomic mass is 32.1. The highest BCUT2D eigenvalue weighted by Crippen LogP contribution is 2.44. The van der Waals surface area contributed by atoms with Gasteiger partial charge in [0.1, 0.15) is 10.8 Å². The number of thiophene rings is 2. The predicted octanol–water partition coefficient (Wildman–Crippen LogP) is 5.71. The third-order valence-electron chi connectivity index (χ3n) is 5.40. The van der Waals surface area contributed by atoms with Crippen LogP contribution in [-0.4, -0.2) is 34.4 Å². The Hall–Kier alpha value is -2.86. The first-order chi connectivity index (χ1) is 15.6. The molecule has 0 fully saturated rings. The van der Waals surface area contributed by atoms with Gasteiger partial charge in [0, 0.05) is 22.2 Å². The molecule has 0 radical (unpaired) electrons. The maximum Gasteiger partial charge on any atom is 0.410 e. The molecule has 0 unspecified atom stereocenters. The van der Waals surface area contributed by atoms with Gasteiger partial charge in [-0.2, -0.15) is 18.3 Å². The normalized spacial score (nSPS) is 17.9. The molecule has 0 saturated heterocycles. The topological polar surface area (TPSA) is 85.2 Å². The fraction of sp³-hybridized carbons (Fsp3) is 0.381.